The van der Waals surface area contributed by atoms with E-state index < -0.39 is 35.5 Å². The van der Waals surface area contributed by atoms with Crippen LogP contribution in [0.3, 0.4) is 0 Å². The van der Waals surface area contributed by atoms with Gasteiger partial charge in [0.05, 0.1) is 50.7 Å². The number of rotatable bonds is 12. The van der Waals surface area contributed by atoms with Crippen LogP contribution >= 0.6 is 0 Å². The molecule has 0 spiro atoms. The van der Waals surface area contributed by atoms with Gasteiger partial charge in [-0.25, -0.2) is 15.0 Å². The fourth-order valence-electron chi connectivity index (χ4n) is 3.91. The van der Waals surface area contributed by atoms with Crippen LogP contribution < -0.4 is 35.0 Å². The average Bonchev–Trinajstić information content (AvgIpc) is 2.95. The summed E-state index contributed by atoms with van der Waals surface area (Å²) in [5.41, 5.74) is 3.30. The lowest BCUT2D eigenvalue weighted by atomic mass is 9.95. The Morgan fingerprint density at radius 2 is 1.78 bits per heavy atom. The van der Waals surface area contributed by atoms with E-state index in [0.717, 1.165) is 0 Å². The van der Waals surface area contributed by atoms with Gasteiger partial charge in [-0.05, 0) is 31.5 Å². The molecule has 1 atom stereocenters. The summed E-state index contributed by atoms with van der Waals surface area (Å²) in [4.78, 5) is 47.7. The third-order valence-corrected chi connectivity index (χ3v) is 5.77. The van der Waals surface area contributed by atoms with Crippen molar-refractivity contribution in [1.29, 1.82) is 0 Å². The molecule has 15 heteroatoms. The highest BCUT2D eigenvalue weighted by Crippen LogP contribution is 2.35. The first kappa shape index (κ1) is 30.2. The lowest BCUT2D eigenvalue weighted by Crippen LogP contribution is -2.45. The van der Waals surface area contributed by atoms with Gasteiger partial charge in [0.1, 0.15) is 5.75 Å². The molecule has 0 saturated carbocycles. The topological polar surface area (TPSA) is 189 Å². The zero-order valence-electron chi connectivity index (χ0n) is 22.9. The van der Waals surface area contributed by atoms with Crippen LogP contribution in [0.25, 0.3) is 0 Å². The van der Waals surface area contributed by atoms with E-state index >= 15 is 0 Å². The van der Waals surface area contributed by atoms with Crippen molar-refractivity contribution in [3.63, 3.8) is 0 Å². The molecule has 0 bridgehead atoms. The van der Waals surface area contributed by atoms with Gasteiger partial charge in [0, 0.05) is 23.4 Å². The van der Waals surface area contributed by atoms with Crippen molar-refractivity contribution in [2.45, 2.75) is 19.9 Å². The summed E-state index contributed by atoms with van der Waals surface area (Å²) < 4.78 is 26.3. The number of nitro groups is 1. The van der Waals surface area contributed by atoms with E-state index in [1.165, 1.54) is 45.7 Å². The van der Waals surface area contributed by atoms with Gasteiger partial charge in [0.2, 0.25) is 5.75 Å². The molecule has 0 fully saturated rings. The molecule has 1 aliphatic heterocycles. The lowest BCUT2D eigenvalue weighted by molar-refractivity contribution is -0.385. The van der Waals surface area contributed by atoms with Crippen LogP contribution in [0.5, 0.6) is 23.0 Å². The molecule has 0 saturated heterocycles. The Bertz CT molecular complexity index is 1410. The number of carbonyl (C=O) groups excluding carboxylic acids is 3. The van der Waals surface area contributed by atoms with E-state index in [0.29, 0.717) is 11.3 Å². The van der Waals surface area contributed by atoms with Crippen LogP contribution in [-0.4, -0.2) is 63.6 Å². The van der Waals surface area contributed by atoms with Gasteiger partial charge in [0.15, 0.2) is 18.1 Å². The second kappa shape index (κ2) is 13.6. The second-order valence-electron chi connectivity index (χ2n) is 8.31. The Balaban J connectivity index is 1.71. The number of methoxy groups -OCH3 is 3. The molecule has 2 aromatic carbocycles. The lowest BCUT2D eigenvalue weighted by Gasteiger charge is -2.28. The smallest absolute Gasteiger partial charge is 0.338 e. The fourth-order valence-corrected chi connectivity index (χ4v) is 3.91. The number of carbonyl (C=O) groups is 3. The van der Waals surface area contributed by atoms with Crippen LogP contribution in [0, 0.1) is 10.1 Å². The van der Waals surface area contributed by atoms with E-state index in [-0.39, 0.29) is 46.4 Å². The van der Waals surface area contributed by atoms with E-state index in [1.54, 1.807) is 26.0 Å². The van der Waals surface area contributed by atoms with E-state index in [9.17, 15) is 24.5 Å². The molecule has 2 aromatic rings. The standard InChI is InChI=1S/C26H29N5O10/c1-6-40-25(33)23-14(2)28-26(34)29-24(23)15-7-8-18(21(10-15)39-5)41-13-22(32)30-27-12-16-9-17(31(35)36)20(38-4)11-19(16)37-3/h7-12,24H,6,13H2,1-5H3,(H,30,32)(H2,28,29,34)/b27-12-/t24-/m0/s1. The summed E-state index contributed by atoms with van der Waals surface area (Å²) in [6.07, 6.45) is 1.18. The van der Waals surface area contributed by atoms with Crippen LogP contribution in [0.2, 0.25) is 0 Å². The quantitative estimate of drug-likeness (QED) is 0.148. The number of hydrazone groups is 1. The Morgan fingerprint density at radius 1 is 1.07 bits per heavy atom. The summed E-state index contributed by atoms with van der Waals surface area (Å²) in [7, 11) is 4.06. The maximum absolute atomic E-state index is 12.6. The number of urea groups is 1. The van der Waals surface area contributed by atoms with Gasteiger partial charge in [-0.2, -0.15) is 5.10 Å². The molecule has 0 radical (unpaired) electrons. The zero-order chi connectivity index (χ0) is 30.1. The maximum atomic E-state index is 12.6. The summed E-state index contributed by atoms with van der Waals surface area (Å²) in [5, 5.41) is 20.4. The van der Waals surface area contributed by atoms with Crippen molar-refractivity contribution in [1.82, 2.24) is 16.1 Å². The molecule has 1 heterocycles. The molecule has 3 amide bonds. The predicted molar refractivity (Wildman–Crippen MR) is 144 cm³/mol. The van der Waals surface area contributed by atoms with Crippen molar-refractivity contribution >= 4 is 29.8 Å². The van der Waals surface area contributed by atoms with Gasteiger partial charge in [-0.1, -0.05) is 6.07 Å². The number of hydrogen-bond donors (Lipinski definition) is 3. The molecular formula is C26H29N5O10. The van der Waals surface area contributed by atoms with Crippen LogP contribution in [0.15, 0.2) is 46.7 Å². The molecule has 41 heavy (non-hydrogen) atoms. The highest BCUT2D eigenvalue weighted by atomic mass is 16.6. The molecule has 3 rings (SSSR count). The van der Waals surface area contributed by atoms with Crippen LogP contribution in [-0.2, 0) is 14.3 Å². The minimum atomic E-state index is -0.811. The van der Waals surface area contributed by atoms with Crippen LogP contribution in [0.1, 0.15) is 31.0 Å². The molecule has 1 aliphatic rings. The number of nitrogens with zero attached hydrogens (tertiary/aromatic N) is 2. The Labute approximate surface area is 234 Å². The van der Waals surface area contributed by atoms with E-state index in [1.807, 2.05) is 0 Å². The number of amides is 3. The number of nitro benzene ring substituents is 1. The molecule has 15 nitrogen and oxygen atoms in total. The van der Waals surface area contributed by atoms with Crippen molar-refractivity contribution in [3.05, 3.63) is 62.8 Å². The first-order chi connectivity index (χ1) is 19.6. The fraction of sp³-hybridized carbons (Fsp3) is 0.308. The highest BCUT2D eigenvalue weighted by Gasteiger charge is 2.32. The Kier molecular flexibility index (Phi) is 10.0. The van der Waals surface area contributed by atoms with Crippen molar-refractivity contribution in [2.24, 2.45) is 5.10 Å². The molecule has 0 aliphatic carbocycles. The van der Waals surface area contributed by atoms with Gasteiger partial charge >= 0.3 is 17.7 Å². The largest absolute Gasteiger partial charge is 0.496 e. The molecule has 0 unspecified atom stereocenters. The maximum Gasteiger partial charge on any atom is 0.338 e. The number of nitrogens with one attached hydrogen (secondary N) is 3. The molecule has 3 N–H and O–H groups in total. The Hall–Kier alpha value is -5.34. The molecule has 0 aromatic heterocycles. The summed E-state index contributed by atoms with van der Waals surface area (Å²) >= 11 is 0. The van der Waals surface area contributed by atoms with Gasteiger partial charge < -0.3 is 34.3 Å². The zero-order valence-corrected chi connectivity index (χ0v) is 22.9. The number of benzene rings is 2. The first-order valence-corrected chi connectivity index (χ1v) is 12.1. The van der Waals surface area contributed by atoms with E-state index in [4.69, 9.17) is 23.7 Å². The summed E-state index contributed by atoms with van der Waals surface area (Å²) in [6.45, 7) is 2.98. The minimum absolute atomic E-state index is 0.00667. The molecular weight excluding hydrogens is 542 g/mol. The second-order valence-corrected chi connectivity index (χ2v) is 8.31. The van der Waals surface area contributed by atoms with Crippen LogP contribution in [0.4, 0.5) is 10.5 Å². The number of ether oxygens (including phenoxy) is 5. The van der Waals surface area contributed by atoms with E-state index in [2.05, 4.69) is 21.2 Å². The summed E-state index contributed by atoms with van der Waals surface area (Å²) in [5.74, 6) is -0.520. The van der Waals surface area contributed by atoms with Crippen molar-refractivity contribution in [2.75, 3.05) is 34.5 Å². The van der Waals surface area contributed by atoms with Crippen molar-refractivity contribution < 1.29 is 43.0 Å². The third-order valence-electron chi connectivity index (χ3n) is 5.77. The monoisotopic (exact) mass is 571 g/mol. The minimum Gasteiger partial charge on any atom is -0.496 e. The Morgan fingerprint density at radius 3 is 2.41 bits per heavy atom. The number of esters is 1. The normalized spacial score (nSPS) is 14.6. The highest BCUT2D eigenvalue weighted by molar-refractivity contribution is 5.95. The van der Waals surface area contributed by atoms with Gasteiger partial charge in [-0.15, -0.1) is 0 Å². The summed E-state index contributed by atoms with van der Waals surface area (Å²) in [6, 6.07) is 5.94. The first-order valence-electron chi connectivity index (χ1n) is 12.1. The average molecular weight is 572 g/mol. The third kappa shape index (κ3) is 7.20. The molecule has 218 valence electrons. The van der Waals surface area contributed by atoms with Crippen molar-refractivity contribution in [3.8, 4) is 23.0 Å². The number of allylic oxidation sites excluding steroid dienone is 1. The van der Waals surface area contributed by atoms with Gasteiger partial charge in [-0.3, -0.25) is 14.9 Å². The number of hydrogen-bond acceptors (Lipinski definition) is 11. The SMILES string of the molecule is CCOC(=O)C1=C(C)NC(=O)N[C@H]1c1ccc(OCC(=O)N/N=C\c2cc([N+](=O)[O-])c(OC)cc2OC)c(OC)c1. The predicted octanol–water partition coefficient (Wildman–Crippen LogP) is 2.34. The van der Waals surface area contributed by atoms with Gasteiger partial charge in [0.25, 0.3) is 5.91 Å².